The molecule has 8 heavy (non-hydrogen) atoms. The number of thiocarbonyl (C=S) groups is 1. The maximum Gasteiger partial charge on any atom is 0.101 e. The molecule has 0 saturated heterocycles. The highest BCUT2D eigenvalue weighted by Crippen LogP contribution is 2.16. The van der Waals surface area contributed by atoms with Crippen molar-refractivity contribution in [2.45, 2.75) is 19.3 Å². The molecule has 0 radical (unpaired) electrons. The Balaban J connectivity index is 2.64. The fraction of sp³-hybridized carbons (Fsp3) is 0.500. The molecular weight excluding hydrogens is 123 g/mol. The molecule has 0 bridgehead atoms. The normalized spacial score (nSPS) is 20.6. The zero-order chi connectivity index (χ0) is 5.98. The van der Waals surface area contributed by atoms with E-state index < -0.39 is 0 Å². The molecule has 44 valence electrons. The van der Waals surface area contributed by atoms with E-state index in [0.29, 0.717) is 6.42 Å². The molecule has 0 heterocycles. The maximum atomic E-state index is 12.2. The third kappa shape index (κ3) is 1.37. The summed E-state index contributed by atoms with van der Waals surface area (Å²) in [6, 6.07) is 0. The van der Waals surface area contributed by atoms with Crippen LogP contribution in [-0.4, -0.2) is 4.86 Å². The molecule has 1 aliphatic carbocycles. The van der Waals surface area contributed by atoms with Crippen LogP contribution in [0.15, 0.2) is 11.9 Å². The van der Waals surface area contributed by atoms with Crippen molar-refractivity contribution in [2.75, 3.05) is 0 Å². The molecule has 0 fully saturated rings. The lowest BCUT2D eigenvalue weighted by Crippen LogP contribution is -1.96. The van der Waals surface area contributed by atoms with Gasteiger partial charge in [-0.05, 0) is 25.3 Å². The van der Waals surface area contributed by atoms with Gasteiger partial charge < -0.3 is 0 Å². The lowest BCUT2D eigenvalue weighted by Gasteiger charge is -2.04. The van der Waals surface area contributed by atoms with Crippen molar-refractivity contribution in [3.05, 3.63) is 11.9 Å². The molecule has 0 aromatic heterocycles. The van der Waals surface area contributed by atoms with Gasteiger partial charge >= 0.3 is 0 Å². The summed E-state index contributed by atoms with van der Waals surface area (Å²) < 4.78 is 12.2. The Morgan fingerprint density at radius 1 is 1.50 bits per heavy atom. The van der Waals surface area contributed by atoms with E-state index in [9.17, 15) is 4.39 Å². The van der Waals surface area contributed by atoms with Crippen LogP contribution in [0, 0.1) is 0 Å². The predicted molar refractivity (Wildman–Crippen MR) is 35.6 cm³/mol. The largest absolute Gasteiger partial charge is 0.212 e. The molecule has 0 aromatic carbocycles. The monoisotopic (exact) mass is 130 g/mol. The molecule has 0 unspecified atom stereocenters. The summed E-state index contributed by atoms with van der Waals surface area (Å²) in [4.78, 5) is 0.758. The molecule has 0 N–H and O–H groups in total. The highest BCUT2D eigenvalue weighted by atomic mass is 32.1. The molecule has 0 saturated carbocycles. The molecule has 0 spiro atoms. The van der Waals surface area contributed by atoms with Gasteiger partial charge in [0.05, 0.1) is 0 Å². The smallest absolute Gasteiger partial charge is 0.101 e. The Morgan fingerprint density at radius 3 is 2.62 bits per heavy atom. The van der Waals surface area contributed by atoms with Crippen LogP contribution >= 0.6 is 12.2 Å². The first kappa shape index (κ1) is 5.89. The Kier molecular flexibility index (Phi) is 1.73. The van der Waals surface area contributed by atoms with Crippen LogP contribution in [0.2, 0.25) is 0 Å². The molecule has 0 nitrogen and oxygen atoms in total. The first-order valence-electron chi connectivity index (χ1n) is 2.68. The molecule has 1 aliphatic rings. The van der Waals surface area contributed by atoms with Crippen molar-refractivity contribution in [1.29, 1.82) is 0 Å². The summed E-state index contributed by atoms with van der Waals surface area (Å²) in [6.07, 6.45) is 3.82. The van der Waals surface area contributed by atoms with E-state index in [4.69, 9.17) is 12.2 Å². The summed E-state index contributed by atoms with van der Waals surface area (Å²) in [5.74, 6) is -0.0544. The van der Waals surface area contributed by atoms with Crippen LogP contribution in [0.1, 0.15) is 19.3 Å². The molecule has 2 heteroatoms. The van der Waals surface area contributed by atoms with E-state index in [0.717, 1.165) is 17.7 Å². The van der Waals surface area contributed by atoms with E-state index in [1.807, 2.05) is 0 Å². The third-order valence-corrected chi connectivity index (χ3v) is 1.48. The van der Waals surface area contributed by atoms with Crippen LogP contribution in [0.25, 0.3) is 0 Å². The van der Waals surface area contributed by atoms with Gasteiger partial charge in [0, 0.05) is 4.86 Å². The van der Waals surface area contributed by atoms with Crippen molar-refractivity contribution in [2.24, 2.45) is 0 Å². The number of halogens is 1. The quantitative estimate of drug-likeness (QED) is 0.454. The van der Waals surface area contributed by atoms with Gasteiger partial charge in [0.25, 0.3) is 0 Å². The molecule has 0 atom stereocenters. The summed E-state index contributed by atoms with van der Waals surface area (Å²) in [5.41, 5.74) is 0. The van der Waals surface area contributed by atoms with Gasteiger partial charge in [-0.1, -0.05) is 12.2 Å². The van der Waals surface area contributed by atoms with Gasteiger partial charge in [-0.25, -0.2) is 4.39 Å². The minimum absolute atomic E-state index is 0.0544. The summed E-state index contributed by atoms with van der Waals surface area (Å²) in [5, 5.41) is 0. The van der Waals surface area contributed by atoms with Gasteiger partial charge in [-0.3, -0.25) is 0 Å². The van der Waals surface area contributed by atoms with E-state index in [1.165, 1.54) is 6.08 Å². The van der Waals surface area contributed by atoms with Gasteiger partial charge in [-0.15, -0.1) is 0 Å². The molecular formula is C6H7FS. The summed E-state index contributed by atoms with van der Waals surface area (Å²) in [6.45, 7) is 0. The van der Waals surface area contributed by atoms with Crippen LogP contribution in [0.5, 0.6) is 0 Å². The van der Waals surface area contributed by atoms with Crippen LogP contribution in [-0.2, 0) is 0 Å². The van der Waals surface area contributed by atoms with Crippen molar-refractivity contribution in [3.63, 3.8) is 0 Å². The second-order valence-electron chi connectivity index (χ2n) is 1.91. The standard InChI is InChI=1S/C6H7FS/c7-5-2-1-3-6(8)4-5/h4H,1-3H2. The lowest BCUT2D eigenvalue weighted by molar-refractivity contribution is 0.572. The highest BCUT2D eigenvalue weighted by molar-refractivity contribution is 7.80. The molecule has 1 rings (SSSR count). The summed E-state index contributed by atoms with van der Waals surface area (Å²) >= 11 is 4.77. The second-order valence-corrected chi connectivity index (χ2v) is 2.44. The Labute approximate surface area is 53.4 Å². The van der Waals surface area contributed by atoms with Gasteiger partial charge in [-0.2, -0.15) is 0 Å². The van der Waals surface area contributed by atoms with Crippen LogP contribution < -0.4 is 0 Å². The van der Waals surface area contributed by atoms with Gasteiger partial charge in [0.15, 0.2) is 0 Å². The second kappa shape index (κ2) is 2.35. The lowest BCUT2D eigenvalue weighted by atomic mass is 10.1. The Bertz CT molecular complexity index is 137. The maximum absolute atomic E-state index is 12.2. The third-order valence-electron chi connectivity index (χ3n) is 1.16. The first-order chi connectivity index (χ1) is 3.79. The van der Waals surface area contributed by atoms with Crippen molar-refractivity contribution in [3.8, 4) is 0 Å². The van der Waals surface area contributed by atoms with Crippen molar-refractivity contribution in [1.82, 2.24) is 0 Å². The Morgan fingerprint density at radius 2 is 2.25 bits per heavy atom. The minimum Gasteiger partial charge on any atom is -0.212 e. The van der Waals surface area contributed by atoms with Crippen molar-refractivity contribution < 1.29 is 4.39 Å². The summed E-state index contributed by atoms with van der Waals surface area (Å²) in [7, 11) is 0. The Hall–Kier alpha value is -0.240. The fourth-order valence-electron chi connectivity index (χ4n) is 0.751. The van der Waals surface area contributed by atoms with E-state index in [1.54, 1.807) is 0 Å². The fourth-order valence-corrected chi connectivity index (χ4v) is 1.02. The average Bonchev–Trinajstić information content (AvgIpc) is 1.64. The van der Waals surface area contributed by atoms with Gasteiger partial charge in [0.1, 0.15) is 5.83 Å². The van der Waals surface area contributed by atoms with Crippen LogP contribution in [0.4, 0.5) is 4.39 Å². The highest BCUT2D eigenvalue weighted by Gasteiger charge is 2.04. The average molecular weight is 130 g/mol. The van der Waals surface area contributed by atoms with E-state index >= 15 is 0 Å². The molecule has 0 aromatic rings. The van der Waals surface area contributed by atoms with Crippen molar-refractivity contribution >= 4 is 17.1 Å². The zero-order valence-corrected chi connectivity index (χ0v) is 5.30. The van der Waals surface area contributed by atoms with Crippen LogP contribution in [0.3, 0.4) is 0 Å². The van der Waals surface area contributed by atoms with Gasteiger partial charge in [0.2, 0.25) is 0 Å². The topological polar surface area (TPSA) is 0 Å². The number of allylic oxidation sites excluding steroid dienone is 2. The first-order valence-corrected chi connectivity index (χ1v) is 3.09. The molecule has 0 amide bonds. The zero-order valence-electron chi connectivity index (χ0n) is 4.48. The van der Waals surface area contributed by atoms with E-state index in [2.05, 4.69) is 0 Å². The molecule has 0 aliphatic heterocycles. The SMILES string of the molecule is FC1=CC(=S)CCC1. The minimum atomic E-state index is -0.0544. The predicted octanol–water partition coefficient (Wildman–Crippen LogP) is 2.39. The number of rotatable bonds is 0. The number of hydrogen-bond donors (Lipinski definition) is 0. The van der Waals surface area contributed by atoms with E-state index in [-0.39, 0.29) is 5.83 Å². The number of hydrogen-bond acceptors (Lipinski definition) is 1.